The zero-order valence-corrected chi connectivity index (χ0v) is 21.2. The highest BCUT2D eigenvalue weighted by Gasteiger charge is 2.20. The van der Waals surface area contributed by atoms with Gasteiger partial charge in [-0.05, 0) is 74.2 Å². The molecule has 3 aromatic rings. The Morgan fingerprint density at radius 3 is 2.53 bits per heavy atom. The molecule has 0 aliphatic carbocycles. The summed E-state index contributed by atoms with van der Waals surface area (Å²) in [6, 6.07) is 24.6. The van der Waals surface area contributed by atoms with Crippen LogP contribution in [-0.4, -0.2) is 43.1 Å². The molecule has 1 saturated heterocycles. The van der Waals surface area contributed by atoms with E-state index in [1.165, 1.54) is 42.7 Å². The lowest BCUT2D eigenvalue weighted by molar-refractivity contribution is 0.102. The fourth-order valence-electron chi connectivity index (χ4n) is 4.68. The Labute approximate surface area is 213 Å². The second-order valence-corrected chi connectivity index (χ2v) is 9.29. The van der Waals surface area contributed by atoms with Crippen LogP contribution in [0, 0.1) is 0 Å². The Morgan fingerprint density at radius 1 is 1.00 bits per heavy atom. The number of carbonyl (C=O) groups excluding carboxylic acids is 2. The van der Waals surface area contributed by atoms with Gasteiger partial charge < -0.3 is 15.0 Å². The first-order valence-corrected chi connectivity index (χ1v) is 12.8. The summed E-state index contributed by atoms with van der Waals surface area (Å²) in [4.78, 5) is 29.4. The summed E-state index contributed by atoms with van der Waals surface area (Å²) in [7, 11) is 1.65. The molecular weight excluding hydrogens is 450 g/mol. The number of para-hydroxylation sites is 1. The SMILES string of the molecule is CCC1CCCCN1CCc1ccc(C(=O)Nc2cccc(OC(=O)N(C)c3ccccc3)c2)cc1. The largest absolute Gasteiger partial charge is 0.419 e. The number of likely N-dealkylation sites (tertiary alicyclic amines) is 1. The van der Waals surface area contributed by atoms with Crippen LogP contribution in [0.3, 0.4) is 0 Å². The summed E-state index contributed by atoms with van der Waals surface area (Å²) in [6.45, 7) is 4.53. The highest BCUT2D eigenvalue weighted by molar-refractivity contribution is 6.04. The fourth-order valence-corrected chi connectivity index (χ4v) is 4.68. The minimum Gasteiger partial charge on any atom is -0.410 e. The molecule has 1 aliphatic rings. The van der Waals surface area contributed by atoms with Gasteiger partial charge in [-0.1, -0.05) is 49.7 Å². The molecule has 0 bridgehead atoms. The van der Waals surface area contributed by atoms with Gasteiger partial charge in [-0.25, -0.2) is 4.79 Å². The predicted molar refractivity (Wildman–Crippen MR) is 145 cm³/mol. The molecule has 36 heavy (non-hydrogen) atoms. The first-order valence-electron chi connectivity index (χ1n) is 12.8. The van der Waals surface area contributed by atoms with Crippen LogP contribution in [0.1, 0.15) is 48.5 Å². The Balaban J connectivity index is 1.31. The van der Waals surface area contributed by atoms with E-state index >= 15 is 0 Å². The van der Waals surface area contributed by atoms with E-state index in [0.717, 1.165) is 18.7 Å². The van der Waals surface area contributed by atoms with Crippen molar-refractivity contribution in [3.8, 4) is 5.75 Å². The second kappa shape index (κ2) is 12.4. The van der Waals surface area contributed by atoms with Gasteiger partial charge in [0.05, 0.1) is 0 Å². The van der Waals surface area contributed by atoms with Crippen molar-refractivity contribution < 1.29 is 14.3 Å². The molecule has 1 N–H and O–H groups in total. The summed E-state index contributed by atoms with van der Waals surface area (Å²) < 4.78 is 5.50. The van der Waals surface area contributed by atoms with Crippen molar-refractivity contribution in [2.75, 3.05) is 30.4 Å². The van der Waals surface area contributed by atoms with Gasteiger partial charge in [0.15, 0.2) is 0 Å². The van der Waals surface area contributed by atoms with E-state index in [0.29, 0.717) is 23.0 Å². The van der Waals surface area contributed by atoms with E-state index in [-0.39, 0.29) is 5.91 Å². The van der Waals surface area contributed by atoms with E-state index in [1.54, 1.807) is 31.3 Å². The highest BCUT2D eigenvalue weighted by atomic mass is 16.6. The van der Waals surface area contributed by atoms with Gasteiger partial charge in [0.1, 0.15) is 5.75 Å². The lowest BCUT2D eigenvalue weighted by atomic mass is 9.99. The number of benzene rings is 3. The summed E-state index contributed by atoms with van der Waals surface area (Å²) in [5, 5.41) is 2.90. The van der Waals surface area contributed by atoms with Crippen LogP contribution in [0.15, 0.2) is 78.9 Å². The van der Waals surface area contributed by atoms with Crippen molar-refractivity contribution >= 4 is 23.4 Å². The zero-order chi connectivity index (χ0) is 25.3. The van der Waals surface area contributed by atoms with Gasteiger partial charge in [0.2, 0.25) is 0 Å². The van der Waals surface area contributed by atoms with E-state index in [4.69, 9.17) is 4.74 Å². The molecule has 0 radical (unpaired) electrons. The number of rotatable bonds is 8. The maximum Gasteiger partial charge on any atom is 0.419 e. The Hall–Kier alpha value is -3.64. The number of nitrogens with one attached hydrogen (secondary N) is 1. The van der Waals surface area contributed by atoms with Crippen molar-refractivity contribution in [1.29, 1.82) is 0 Å². The first-order chi connectivity index (χ1) is 17.5. The van der Waals surface area contributed by atoms with Gasteiger partial charge in [-0.3, -0.25) is 9.69 Å². The summed E-state index contributed by atoms with van der Waals surface area (Å²) >= 11 is 0. The molecule has 1 unspecified atom stereocenters. The van der Waals surface area contributed by atoms with E-state index in [2.05, 4.69) is 17.1 Å². The number of piperidine rings is 1. The average Bonchev–Trinajstić information content (AvgIpc) is 2.92. The van der Waals surface area contributed by atoms with Crippen LogP contribution >= 0.6 is 0 Å². The third-order valence-corrected chi connectivity index (χ3v) is 6.84. The summed E-state index contributed by atoms with van der Waals surface area (Å²) in [5.41, 5.74) is 3.13. The summed E-state index contributed by atoms with van der Waals surface area (Å²) in [5.74, 6) is 0.160. The van der Waals surface area contributed by atoms with Gasteiger partial charge in [0, 0.05) is 42.6 Å². The van der Waals surface area contributed by atoms with Crippen molar-refractivity contribution in [2.45, 2.75) is 45.1 Å². The number of ether oxygens (including phenoxy) is 1. The van der Waals surface area contributed by atoms with E-state index < -0.39 is 6.09 Å². The molecule has 1 heterocycles. The number of hydrogen-bond acceptors (Lipinski definition) is 4. The summed E-state index contributed by atoms with van der Waals surface area (Å²) in [6.07, 6.45) is 5.64. The molecule has 3 aromatic carbocycles. The number of hydrogen-bond donors (Lipinski definition) is 1. The van der Waals surface area contributed by atoms with Crippen molar-refractivity contribution in [1.82, 2.24) is 4.90 Å². The standard InChI is InChI=1S/C30H35N3O3/c1-3-26-11-7-8-20-33(26)21-19-23-15-17-24(18-16-23)29(34)31-25-10-9-14-28(22-25)36-30(35)32(2)27-12-5-4-6-13-27/h4-6,9-10,12-18,22,26H,3,7-8,11,19-21H2,1-2H3,(H,31,34). The third kappa shape index (κ3) is 6.73. The van der Waals surface area contributed by atoms with Gasteiger partial charge >= 0.3 is 6.09 Å². The molecule has 1 fully saturated rings. The minimum atomic E-state index is -0.505. The van der Waals surface area contributed by atoms with Crippen LogP contribution < -0.4 is 15.0 Å². The van der Waals surface area contributed by atoms with Crippen LogP contribution in [0.25, 0.3) is 0 Å². The first kappa shape index (κ1) is 25.5. The van der Waals surface area contributed by atoms with Crippen molar-refractivity contribution in [3.05, 3.63) is 90.0 Å². The lowest BCUT2D eigenvalue weighted by Crippen LogP contribution is -2.40. The molecule has 6 nitrogen and oxygen atoms in total. The zero-order valence-electron chi connectivity index (χ0n) is 21.2. The molecule has 6 heteroatoms. The topological polar surface area (TPSA) is 61.9 Å². The predicted octanol–water partition coefficient (Wildman–Crippen LogP) is 6.38. The molecule has 0 spiro atoms. The van der Waals surface area contributed by atoms with E-state index in [1.807, 2.05) is 54.6 Å². The van der Waals surface area contributed by atoms with Crippen molar-refractivity contribution in [2.24, 2.45) is 0 Å². The van der Waals surface area contributed by atoms with Crippen molar-refractivity contribution in [3.63, 3.8) is 0 Å². The Bertz CT molecular complexity index is 1150. The molecule has 2 amide bonds. The monoisotopic (exact) mass is 485 g/mol. The van der Waals surface area contributed by atoms with Crippen LogP contribution in [0.4, 0.5) is 16.2 Å². The quantitative estimate of drug-likeness (QED) is 0.402. The lowest BCUT2D eigenvalue weighted by Gasteiger charge is -2.35. The number of carbonyl (C=O) groups is 2. The number of nitrogens with zero attached hydrogens (tertiary/aromatic N) is 2. The van der Waals surface area contributed by atoms with Gasteiger partial charge in [-0.15, -0.1) is 0 Å². The molecule has 0 saturated carbocycles. The molecule has 1 aliphatic heterocycles. The minimum absolute atomic E-state index is 0.200. The smallest absolute Gasteiger partial charge is 0.410 e. The third-order valence-electron chi connectivity index (χ3n) is 6.84. The molecule has 4 rings (SSSR count). The maximum absolute atomic E-state index is 12.8. The maximum atomic E-state index is 12.8. The van der Waals surface area contributed by atoms with Crippen LogP contribution in [-0.2, 0) is 6.42 Å². The van der Waals surface area contributed by atoms with Gasteiger partial charge in [-0.2, -0.15) is 0 Å². The van der Waals surface area contributed by atoms with Gasteiger partial charge in [0.25, 0.3) is 5.91 Å². The van der Waals surface area contributed by atoms with Crippen LogP contribution in [0.5, 0.6) is 5.75 Å². The number of anilines is 2. The Kier molecular flexibility index (Phi) is 8.74. The molecule has 188 valence electrons. The average molecular weight is 486 g/mol. The second-order valence-electron chi connectivity index (χ2n) is 9.29. The molecular formula is C30H35N3O3. The molecule has 1 atom stereocenters. The van der Waals surface area contributed by atoms with E-state index in [9.17, 15) is 9.59 Å². The Morgan fingerprint density at radius 2 is 1.78 bits per heavy atom. The highest BCUT2D eigenvalue weighted by Crippen LogP contribution is 2.22. The number of amides is 2. The molecule has 0 aromatic heterocycles. The fraction of sp³-hybridized carbons (Fsp3) is 0.333. The normalized spacial score (nSPS) is 15.8. The van der Waals surface area contributed by atoms with Crippen LogP contribution in [0.2, 0.25) is 0 Å².